The van der Waals surface area contributed by atoms with E-state index in [0.29, 0.717) is 5.92 Å². The van der Waals surface area contributed by atoms with Crippen molar-refractivity contribution in [1.82, 2.24) is 4.90 Å². The van der Waals surface area contributed by atoms with Crippen molar-refractivity contribution in [2.45, 2.75) is 12.8 Å². The van der Waals surface area contributed by atoms with Crippen LogP contribution in [-0.4, -0.2) is 41.9 Å². The summed E-state index contributed by atoms with van der Waals surface area (Å²) in [6.07, 6.45) is 2.16. The number of piperidine rings is 1. The van der Waals surface area contributed by atoms with Crippen LogP contribution in [0.4, 0.5) is 5.69 Å². The largest absolute Gasteiger partial charge is 0.497 e. The first-order valence-electron chi connectivity index (χ1n) is 6.53. The highest BCUT2D eigenvalue weighted by Gasteiger charge is 2.20. The van der Waals surface area contributed by atoms with Crippen LogP contribution in [0.5, 0.6) is 5.75 Å². The Bertz CT molecular complexity index is 422. The van der Waals surface area contributed by atoms with E-state index in [1.165, 1.54) is 0 Å². The van der Waals surface area contributed by atoms with Gasteiger partial charge in [-0.1, -0.05) is 0 Å². The molecule has 1 saturated heterocycles. The van der Waals surface area contributed by atoms with Gasteiger partial charge in [0.05, 0.1) is 7.11 Å². The molecule has 0 unspecified atom stereocenters. The van der Waals surface area contributed by atoms with Crippen molar-refractivity contribution < 1.29 is 9.84 Å². The number of nitrogens with one attached hydrogen (secondary N) is 1. The maximum Gasteiger partial charge on any atom is 0.173 e. The quantitative estimate of drug-likeness (QED) is 0.830. The molecule has 2 rings (SSSR count). The smallest absolute Gasteiger partial charge is 0.173 e. The number of aliphatic hydroxyl groups is 1. The van der Waals surface area contributed by atoms with Crippen LogP contribution in [0.2, 0.25) is 0 Å². The lowest BCUT2D eigenvalue weighted by Crippen LogP contribution is -2.43. The molecule has 0 amide bonds. The lowest BCUT2D eigenvalue weighted by Gasteiger charge is -2.33. The van der Waals surface area contributed by atoms with Crippen LogP contribution < -0.4 is 10.1 Å². The summed E-state index contributed by atoms with van der Waals surface area (Å²) in [5.74, 6) is 1.17. The summed E-state index contributed by atoms with van der Waals surface area (Å²) in [6.45, 7) is 2.03. The molecule has 1 atom stereocenters. The van der Waals surface area contributed by atoms with Gasteiger partial charge in [0.1, 0.15) is 5.75 Å². The number of aliphatic hydroxyl groups excluding tert-OH is 1. The zero-order chi connectivity index (χ0) is 13.7. The Kier molecular flexibility index (Phi) is 4.99. The average Bonchev–Trinajstić information content (AvgIpc) is 2.48. The predicted molar refractivity (Wildman–Crippen MR) is 80.6 cm³/mol. The Morgan fingerprint density at radius 2 is 2.21 bits per heavy atom. The molecule has 0 aromatic heterocycles. The molecule has 1 fully saturated rings. The van der Waals surface area contributed by atoms with Gasteiger partial charge in [0.25, 0.3) is 0 Å². The molecule has 2 N–H and O–H groups in total. The van der Waals surface area contributed by atoms with E-state index in [9.17, 15) is 5.11 Å². The summed E-state index contributed by atoms with van der Waals surface area (Å²) in [5.41, 5.74) is 0.955. The van der Waals surface area contributed by atoms with Gasteiger partial charge in [-0.05, 0) is 55.2 Å². The number of methoxy groups -OCH3 is 1. The standard InChI is InChI=1S/C14H20N2O2S/c1-18-13-6-4-12(5-7-13)15-14(19)16-8-2-3-11(9-16)10-17/h4-7,11,17H,2-3,8-10H2,1H3,(H,15,19)/t11-/m0/s1. The van der Waals surface area contributed by atoms with Crippen molar-refractivity contribution in [3.63, 3.8) is 0 Å². The first kappa shape index (κ1) is 14.1. The number of ether oxygens (including phenoxy) is 1. The summed E-state index contributed by atoms with van der Waals surface area (Å²) in [7, 11) is 1.65. The highest BCUT2D eigenvalue weighted by molar-refractivity contribution is 7.80. The van der Waals surface area contributed by atoms with Crippen molar-refractivity contribution in [2.24, 2.45) is 5.92 Å². The van der Waals surface area contributed by atoms with E-state index in [0.717, 1.165) is 42.5 Å². The monoisotopic (exact) mass is 280 g/mol. The van der Waals surface area contributed by atoms with Crippen LogP contribution in [-0.2, 0) is 0 Å². The number of nitrogens with zero attached hydrogens (tertiary/aromatic N) is 1. The molecule has 1 aliphatic rings. The Hall–Kier alpha value is -1.33. The number of hydrogen-bond donors (Lipinski definition) is 2. The van der Waals surface area contributed by atoms with Crippen molar-refractivity contribution in [3.05, 3.63) is 24.3 Å². The van der Waals surface area contributed by atoms with Gasteiger partial charge in [0, 0.05) is 25.4 Å². The van der Waals surface area contributed by atoms with Crippen LogP contribution in [0.1, 0.15) is 12.8 Å². The summed E-state index contributed by atoms with van der Waals surface area (Å²) < 4.78 is 5.12. The predicted octanol–water partition coefficient (Wildman–Crippen LogP) is 2.10. The third kappa shape index (κ3) is 3.81. The second kappa shape index (κ2) is 6.73. The van der Waals surface area contributed by atoms with Crippen LogP contribution >= 0.6 is 12.2 Å². The zero-order valence-electron chi connectivity index (χ0n) is 11.1. The summed E-state index contributed by atoms with van der Waals surface area (Å²) >= 11 is 5.42. The summed E-state index contributed by atoms with van der Waals surface area (Å²) in [5, 5.41) is 13.2. The number of thiocarbonyl (C=S) groups is 1. The molecule has 0 spiro atoms. The highest BCUT2D eigenvalue weighted by Crippen LogP contribution is 2.19. The SMILES string of the molecule is COc1ccc(NC(=S)N2CCC[C@H](CO)C2)cc1. The highest BCUT2D eigenvalue weighted by atomic mass is 32.1. The fraction of sp³-hybridized carbons (Fsp3) is 0.500. The molecule has 19 heavy (non-hydrogen) atoms. The third-order valence-electron chi connectivity index (χ3n) is 3.41. The second-order valence-corrected chi connectivity index (χ2v) is 5.18. The van der Waals surface area contributed by atoms with Gasteiger partial charge in [0.15, 0.2) is 5.11 Å². The van der Waals surface area contributed by atoms with E-state index in [4.69, 9.17) is 17.0 Å². The van der Waals surface area contributed by atoms with Gasteiger partial charge in [-0.15, -0.1) is 0 Å². The molecule has 0 aliphatic carbocycles. The Morgan fingerprint density at radius 1 is 1.47 bits per heavy atom. The molecule has 0 saturated carbocycles. The number of benzene rings is 1. The molecule has 1 aliphatic heterocycles. The number of anilines is 1. The normalized spacial score (nSPS) is 19.1. The van der Waals surface area contributed by atoms with Crippen LogP contribution in [0.15, 0.2) is 24.3 Å². The molecular weight excluding hydrogens is 260 g/mol. The van der Waals surface area contributed by atoms with Crippen molar-refractivity contribution >= 4 is 23.0 Å². The van der Waals surface area contributed by atoms with Crippen LogP contribution in [0, 0.1) is 5.92 Å². The molecule has 1 aromatic carbocycles. The second-order valence-electron chi connectivity index (χ2n) is 4.80. The van der Waals surface area contributed by atoms with Gasteiger partial charge in [0.2, 0.25) is 0 Å². The topological polar surface area (TPSA) is 44.7 Å². The van der Waals surface area contributed by atoms with Gasteiger partial charge in [-0.25, -0.2) is 0 Å². The molecule has 0 radical (unpaired) electrons. The minimum Gasteiger partial charge on any atom is -0.497 e. The fourth-order valence-corrected chi connectivity index (χ4v) is 2.56. The maximum absolute atomic E-state index is 9.23. The van der Waals surface area contributed by atoms with Crippen molar-refractivity contribution in [3.8, 4) is 5.75 Å². The van der Waals surface area contributed by atoms with Gasteiger partial charge in [-0.2, -0.15) is 0 Å². The minimum absolute atomic E-state index is 0.238. The lowest BCUT2D eigenvalue weighted by atomic mass is 9.99. The molecule has 104 valence electrons. The van der Waals surface area contributed by atoms with Crippen molar-refractivity contribution in [1.29, 1.82) is 0 Å². The molecule has 1 aromatic rings. The first-order valence-corrected chi connectivity index (χ1v) is 6.94. The number of rotatable bonds is 3. The molecule has 4 nitrogen and oxygen atoms in total. The van der Waals surface area contributed by atoms with E-state index in [1.54, 1.807) is 7.11 Å². The van der Waals surface area contributed by atoms with E-state index in [-0.39, 0.29) is 6.61 Å². The maximum atomic E-state index is 9.23. The Labute approximate surface area is 119 Å². The fourth-order valence-electron chi connectivity index (χ4n) is 2.28. The van der Waals surface area contributed by atoms with Crippen molar-refractivity contribution in [2.75, 3.05) is 32.1 Å². The van der Waals surface area contributed by atoms with E-state index in [2.05, 4.69) is 10.2 Å². The first-order chi connectivity index (χ1) is 9.22. The van der Waals surface area contributed by atoms with Gasteiger partial charge < -0.3 is 20.1 Å². The molecule has 5 heteroatoms. The van der Waals surface area contributed by atoms with Crippen LogP contribution in [0.25, 0.3) is 0 Å². The Morgan fingerprint density at radius 3 is 2.84 bits per heavy atom. The van der Waals surface area contributed by atoms with E-state index < -0.39 is 0 Å². The minimum atomic E-state index is 0.238. The molecule has 1 heterocycles. The molecule has 0 bridgehead atoms. The van der Waals surface area contributed by atoms with Gasteiger partial charge in [-0.3, -0.25) is 0 Å². The lowest BCUT2D eigenvalue weighted by molar-refractivity contribution is 0.162. The average molecular weight is 280 g/mol. The molecular formula is C14H20N2O2S. The van der Waals surface area contributed by atoms with Crippen LogP contribution in [0.3, 0.4) is 0 Å². The number of hydrogen-bond acceptors (Lipinski definition) is 3. The van der Waals surface area contributed by atoms with E-state index in [1.807, 2.05) is 24.3 Å². The number of likely N-dealkylation sites (tertiary alicyclic amines) is 1. The summed E-state index contributed by atoms with van der Waals surface area (Å²) in [4.78, 5) is 2.13. The zero-order valence-corrected chi connectivity index (χ0v) is 11.9. The third-order valence-corrected chi connectivity index (χ3v) is 3.77. The summed E-state index contributed by atoms with van der Waals surface area (Å²) in [6, 6.07) is 7.69. The van der Waals surface area contributed by atoms with E-state index >= 15 is 0 Å². The van der Waals surface area contributed by atoms with Gasteiger partial charge >= 0.3 is 0 Å². The Balaban J connectivity index is 1.92.